The summed E-state index contributed by atoms with van der Waals surface area (Å²) in [6.07, 6.45) is 5.27. The van der Waals surface area contributed by atoms with Crippen molar-refractivity contribution in [1.82, 2.24) is 15.0 Å². The molecule has 3 heterocycles. The molecule has 11 heavy (non-hydrogen) atoms. The number of nitrogens with zero attached hydrogens (tertiary/aromatic N) is 2. The van der Waals surface area contributed by atoms with E-state index in [1.807, 2.05) is 12.4 Å². The van der Waals surface area contributed by atoms with Gasteiger partial charge in [-0.1, -0.05) is 0 Å². The molecule has 1 N–H and O–H groups in total. The van der Waals surface area contributed by atoms with E-state index in [0.29, 0.717) is 12.1 Å². The van der Waals surface area contributed by atoms with Gasteiger partial charge in [0.05, 0.1) is 18.7 Å². The maximum atomic E-state index is 5.31. The number of fused-ring (bicyclic) bond motifs is 4. The number of aromatic nitrogens is 2. The minimum atomic E-state index is 0.323. The van der Waals surface area contributed by atoms with Crippen molar-refractivity contribution in [2.45, 2.75) is 25.1 Å². The Kier molecular flexibility index (Phi) is 0.958. The van der Waals surface area contributed by atoms with Crippen molar-refractivity contribution in [2.24, 2.45) is 0 Å². The van der Waals surface area contributed by atoms with Crippen LogP contribution in [0.2, 0.25) is 0 Å². The average molecular weight is 151 g/mol. The van der Waals surface area contributed by atoms with E-state index in [1.165, 1.54) is 0 Å². The van der Waals surface area contributed by atoms with Crippen LogP contribution >= 0.6 is 0 Å². The maximum absolute atomic E-state index is 5.31. The first-order valence-corrected chi connectivity index (χ1v) is 3.86. The molecule has 0 radical (unpaired) electrons. The third kappa shape index (κ3) is 0.680. The van der Waals surface area contributed by atoms with Crippen LogP contribution in [0.5, 0.6) is 0 Å². The highest BCUT2D eigenvalue weighted by atomic mass is 16.7. The van der Waals surface area contributed by atoms with Crippen molar-refractivity contribution in [3.05, 3.63) is 18.2 Å². The van der Waals surface area contributed by atoms with Gasteiger partial charge in [0.2, 0.25) is 0 Å². The van der Waals surface area contributed by atoms with Gasteiger partial charge < -0.3 is 4.57 Å². The Labute approximate surface area is 64.1 Å². The molecule has 0 amide bonds. The second-order valence-corrected chi connectivity index (χ2v) is 3.08. The molecule has 2 aliphatic heterocycles. The van der Waals surface area contributed by atoms with E-state index in [9.17, 15) is 0 Å². The Morgan fingerprint density at radius 1 is 1.73 bits per heavy atom. The Hall–Kier alpha value is -0.870. The van der Waals surface area contributed by atoms with Gasteiger partial charge >= 0.3 is 0 Å². The number of nitrogens with one attached hydrogen (secondary N) is 1. The van der Waals surface area contributed by atoms with Crippen LogP contribution in [0.4, 0.5) is 0 Å². The molecule has 58 valence electrons. The van der Waals surface area contributed by atoms with E-state index in [4.69, 9.17) is 4.84 Å². The zero-order valence-corrected chi connectivity index (χ0v) is 6.03. The quantitative estimate of drug-likeness (QED) is 0.577. The van der Waals surface area contributed by atoms with E-state index in [1.54, 1.807) is 0 Å². The SMILES string of the molecule is c1cn2c(n1)[C@@H]1C[C@H](C2)ON1. The molecule has 1 fully saturated rings. The summed E-state index contributed by atoms with van der Waals surface area (Å²) in [6.45, 7) is 0.943. The number of rotatable bonds is 0. The predicted molar refractivity (Wildman–Crippen MR) is 37.6 cm³/mol. The van der Waals surface area contributed by atoms with Crippen molar-refractivity contribution >= 4 is 0 Å². The maximum Gasteiger partial charge on any atom is 0.128 e. The van der Waals surface area contributed by atoms with Crippen LogP contribution in [0, 0.1) is 0 Å². The summed E-state index contributed by atoms with van der Waals surface area (Å²) in [5.74, 6) is 1.11. The summed E-state index contributed by atoms with van der Waals surface area (Å²) in [6, 6.07) is 0.323. The van der Waals surface area contributed by atoms with E-state index in [2.05, 4.69) is 15.0 Å². The molecule has 0 aliphatic carbocycles. The Bertz CT molecular complexity index is 283. The summed E-state index contributed by atoms with van der Waals surface area (Å²) in [5, 5.41) is 0. The lowest BCUT2D eigenvalue weighted by Gasteiger charge is -2.16. The summed E-state index contributed by atoms with van der Waals surface area (Å²) >= 11 is 0. The lowest BCUT2D eigenvalue weighted by atomic mass is 10.1. The van der Waals surface area contributed by atoms with Crippen molar-refractivity contribution in [1.29, 1.82) is 0 Å². The topological polar surface area (TPSA) is 39.1 Å². The second kappa shape index (κ2) is 1.84. The summed E-state index contributed by atoms with van der Waals surface area (Å²) in [5.41, 5.74) is 2.98. The van der Waals surface area contributed by atoms with Crippen molar-refractivity contribution in [3.63, 3.8) is 0 Å². The van der Waals surface area contributed by atoms with Crippen LogP contribution in [-0.2, 0) is 11.4 Å². The first-order valence-electron chi connectivity index (χ1n) is 3.86. The van der Waals surface area contributed by atoms with Gasteiger partial charge in [-0.05, 0) is 0 Å². The minimum Gasteiger partial charge on any atom is -0.331 e. The van der Waals surface area contributed by atoms with Gasteiger partial charge in [-0.2, -0.15) is 5.48 Å². The molecule has 2 bridgehead atoms. The van der Waals surface area contributed by atoms with E-state index in [-0.39, 0.29) is 0 Å². The van der Waals surface area contributed by atoms with Crippen LogP contribution < -0.4 is 5.48 Å². The fraction of sp³-hybridized carbons (Fsp3) is 0.571. The molecule has 0 saturated carbocycles. The molecule has 0 unspecified atom stereocenters. The third-order valence-corrected chi connectivity index (χ3v) is 2.34. The van der Waals surface area contributed by atoms with Crippen LogP contribution in [0.15, 0.2) is 12.4 Å². The van der Waals surface area contributed by atoms with Gasteiger partial charge in [-0.3, -0.25) is 4.84 Å². The van der Waals surface area contributed by atoms with Crippen LogP contribution in [0.1, 0.15) is 18.3 Å². The Morgan fingerprint density at radius 3 is 3.73 bits per heavy atom. The molecule has 4 nitrogen and oxygen atoms in total. The lowest BCUT2D eigenvalue weighted by Crippen LogP contribution is -2.21. The highest BCUT2D eigenvalue weighted by Gasteiger charge is 2.34. The standard InChI is InChI=1S/C7H9N3O/c1-2-10-4-5-3-6(9-11-5)7(10)8-1/h1-2,5-6,9H,3-4H2/t5-,6+/m1/s1. The van der Waals surface area contributed by atoms with Crippen LogP contribution in [0.25, 0.3) is 0 Å². The Balaban J connectivity index is 2.12. The molecular weight excluding hydrogens is 142 g/mol. The third-order valence-electron chi connectivity index (χ3n) is 2.34. The first kappa shape index (κ1) is 5.74. The zero-order valence-electron chi connectivity index (χ0n) is 6.03. The van der Waals surface area contributed by atoms with Crippen LogP contribution in [0.3, 0.4) is 0 Å². The Morgan fingerprint density at radius 2 is 2.73 bits per heavy atom. The van der Waals surface area contributed by atoms with Gasteiger partial charge in [0, 0.05) is 18.8 Å². The molecule has 2 atom stereocenters. The number of hydrogen-bond donors (Lipinski definition) is 1. The zero-order chi connectivity index (χ0) is 7.26. The van der Waals surface area contributed by atoms with Gasteiger partial charge in [0.25, 0.3) is 0 Å². The summed E-state index contributed by atoms with van der Waals surface area (Å²) in [7, 11) is 0. The van der Waals surface area contributed by atoms with Crippen LogP contribution in [-0.4, -0.2) is 15.7 Å². The normalized spacial score (nSPS) is 33.8. The number of hydrogen-bond acceptors (Lipinski definition) is 3. The van der Waals surface area contributed by atoms with Gasteiger partial charge in [-0.15, -0.1) is 0 Å². The molecule has 4 heteroatoms. The lowest BCUT2D eigenvalue weighted by molar-refractivity contribution is 0.0251. The smallest absolute Gasteiger partial charge is 0.128 e. The minimum absolute atomic E-state index is 0.323. The molecular formula is C7H9N3O. The van der Waals surface area contributed by atoms with E-state index >= 15 is 0 Å². The molecule has 1 aromatic heterocycles. The fourth-order valence-electron chi connectivity index (χ4n) is 1.81. The van der Waals surface area contributed by atoms with Gasteiger partial charge in [0.1, 0.15) is 5.82 Å². The predicted octanol–water partition coefficient (Wildman–Crippen LogP) is 0.231. The second-order valence-electron chi connectivity index (χ2n) is 3.08. The highest BCUT2D eigenvalue weighted by molar-refractivity contribution is 5.05. The van der Waals surface area contributed by atoms with E-state index < -0.39 is 0 Å². The summed E-state index contributed by atoms with van der Waals surface area (Å²) in [4.78, 5) is 9.56. The van der Waals surface area contributed by atoms with Gasteiger partial charge in [-0.25, -0.2) is 4.98 Å². The molecule has 2 aliphatic rings. The summed E-state index contributed by atoms with van der Waals surface area (Å²) < 4.78 is 2.15. The molecule has 3 rings (SSSR count). The number of hydroxylamine groups is 1. The fourth-order valence-corrected chi connectivity index (χ4v) is 1.81. The van der Waals surface area contributed by atoms with E-state index in [0.717, 1.165) is 18.8 Å². The first-order chi connectivity index (χ1) is 5.43. The number of imidazole rings is 1. The highest BCUT2D eigenvalue weighted by Crippen LogP contribution is 2.29. The molecule has 0 aromatic carbocycles. The van der Waals surface area contributed by atoms with Gasteiger partial charge in [0.15, 0.2) is 0 Å². The largest absolute Gasteiger partial charge is 0.331 e. The molecule has 1 aromatic rings. The molecule has 0 spiro atoms. The van der Waals surface area contributed by atoms with Crippen molar-refractivity contribution in [2.75, 3.05) is 0 Å². The van der Waals surface area contributed by atoms with Crippen molar-refractivity contribution < 1.29 is 4.84 Å². The molecule has 1 saturated heterocycles. The van der Waals surface area contributed by atoms with Crippen molar-refractivity contribution in [3.8, 4) is 0 Å². The average Bonchev–Trinajstić information content (AvgIpc) is 2.58. The monoisotopic (exact) mass is 151 g/mol.